The fourth-order valence-corrected chi connectivity index (χ4v) is 2.12. The predicted octanol–water partition coefficient (Wildman–Crippen LogP) is 2.86. The number of carboxylic acids is 1. The Morgan fingerprint density at radius 2 is 2.10 bits per heavy atom. The van der Waals surface area contributed by atoms with Crippen LogP contribution >= 0.6 is 12.2 Å². The van der Waals surface area contributed by atoms with Crippen molar-refractivity contribution in [2.75, 3.05) is 11.9 Å². The van der Waals surface area contributed by atoms with Crippen LogP contribution in [0.4, 0.5) is 5.82 Å². The summed E-state index contributed by atoms with van der Waals surface area (Å²) in [7, 11) is 0. The van der Waals surface area contributed by atoms with Gasteiger partial charge in [0.1, 0.15) is 5.56 Å². The van der Waals surface area contributed by atoms with Crippen LogP contribution in [-0.2, 0) is 6.54 Å². The number of aromatic nitrogens is 2. The third-order valence-corrected chi connectivity index (χ3v) is 3.24. The van der Waals surface area contributed by atoms with Crippen molar-refractivity contribution in [3.8, 4) is 0 Å². The van der Waals surface area contributed by atoms with Crippen LogP contribution in [-0.4, -0.2) is 32.5 Å². The van der Waals surface area contributed by atoms with Crippen LogP contribution in [0.2, 0.25) is 0 Å². The highest BCUT2D eigenvalue weighted by Gasteiger charge is 2.16. The van der Waals surface area contributed by atoms with Crippen molar-refractivity contribution in [3.05, 3.63) is 11.8 Å². The van der Waals surface area contributed by atoms with Gasteiger partial charge in [0.15, 0.2) is 10.9 Å². The number of rotatable bonds is 9. The predicted molar refractivity (Wildman–Crippen MR) is 87.8 cm³/mol. The van der Waals surface area contributed by atoms with Crippen molar-refractivity contribution < 1.29 is 9.90 Å². The van der Waals surface area contributed by atoms with Crippen LogP contribution in [0.5, 0.6) is 0 Å². The minimum atomic E-state index is -1.01. The van der Waals surface area contributed by atoms with Crippen LogP contribution in [0.15, 0.2) is 6.20 Å². The van der Waals surface area contributed by atoms with Gasteiger partial charge in [0.05, 0.1) is 0 Å². The van der Waals surface area contributed by atoms with Crippen LogP contribution < -0.4 is 10.6 Å². The largest absolute Gasteiger partial charge is 0.477 e. The van der Waals surface area contributed by atoms with Gasteiger partial charge in [-0.1, -0.05) is 33.1 Å². The van der Waals surface area contributed by atoms with Gasteiger partial charge in [-0.05, 0) is 25.1 Å². The Morgan fingerprint density at radius 3 is 2.71 bits per heavy atom. The van der Waals surface area contributed by atoms with E-state index in [1.54, 1.807) is 4.68 Å². The zero-order valence-electron chi connectivity index (χ0n) is 12.7. The molecule has 3 N–H and O–H groups in total. The number of unbranched alkanes of at least 4 members (excludes halogenated alkanes) is 3. The molecule has 0 aliphatic heterocycles. The molecule has 6 nitrogen and oxygen atoms in total. The minimum Gasteiger partial charge on any atom is -0.477 e. The van der Waals surface area contributed by atoms with E-state index >= 15 is 0 Å². The highest BCUT2D eigenvalue weighted by molar-refractivity contribution is 7.80. The Morgan fingerprint density at radius 1 is 1.33 bits per heavy atom. The Balaban J connectivity index is 2.52. The van der Waals surface area contributed by atoms with Crippen LogP contribution in [0, 0.1) is 0 Å². The molecule has 0 amide bonds. The summed E-state index contributed by atoms with van der Waals surface area (Å²) in [5, 5.41) is 19.7. The molecule has 118 valence electrons. The quantitative estimate of drug-likeness (QED) is 0.481. The molecule has 21 heavy (non-hydrogen) atoms. The van der Waals surface area contributed by atoms with Crippen LogP contribution in [0.1, 0.15) is 56.3 Å². The van der Waals surface area contributed by atoms with Crippen molar-refractivity contribution in [1.82, 2.24) is 15.1 Å². The fraction of sp³-hybridized carbons (Fsp3) is 0.643. The smallest absolute Gasteiger partial charge is 0.341 e. The molecule has 0 radical (unpaired) electrons. The highest BCUT2D eigenvalue weighted by Crippen LogP contribution is 2.13. The molecule has 0 aromatic carbocycles. The number of aryl methyl sites for hydroxylation is 1. The second kappa shape index (κ2) is 9.33. The summed E-state index contributed by atoms with van der Waals surface area (Å²) in [5.74, 6) is -0.715. The maximum absolute atomic E-state index is 11.2. The first-order valence-electron chi connectivity index (χ1n) is 7.44. The molecule has 0 aliphatic carbocycles. The maximum Gasteiger partial charge on any atom is 0.341 e. The fourth-order valence-electron chi connectivity index (χ4n) is 1.92. The number of hydrogen-bond donors (Lipinski definition) is 3. The second-order valence-corrected chi connectivity index (χ2v) is 5.31. The molecule has 0 spiro atoms. The monoisotopic (exact) mass is 312 g/mol. The number of carbonyl (C=O) groups is 1. The molecular formula is C14H24N4O2S. The Kier molecular flexibility index (Phi) is 7.74. The number of nitrogens with one attached hydrogen (secondary N) is 2. The van der Waals surface area contributed by atoms with Crippen molar-refractivity contribution in [2.24, 2.45) is 0 Å². The maximum atomic E-state index is 11.2. The summed E-state index contributed by atoms with van der Waals surface area (Å²) >= 11 is 5.17. The van der Waals surface area contributed by atoms with Gasteiger partial charge in [-0.2, -0.15) is 5.10 Å². The lowest BCUT2D eigenvalue weighted by Gasteiger charge is -2.09. The first-order chi connectivity index (χ1) is 10.1. The van der Waals surface area contributed by atoms with Gasteiger partial charge >= 0.3 is 5.97 Å². The first-order valence-corrected chi connectivity index (χ1v) is 7.84. The molecule has 0 aliphatic rings. The normalized spacial score (nSPS) is 10.4. The van der Waals surface area contributed by atoms with Crippen molar-refractivity contribution in [1.29, 1.82) is 0 Å². The lowest BCUT2D eigenvalue weighted by molar-refractivity contribution is 0.0698. The zero-order chi connectivity index (χ0) is 15.7. The molecule has 1 rings (SSSR count). The number of carboxylic acid groups (broad SMARTS) is 1. The molecule has 0 saturated heterocycles. The summed E-state index contributed by atoms with van der Waals surface area (Å²) in [5.41, 5.74) is 0.138. The van der Waals surface area contributed by atoms with Crippen molar-refractivity contribution in [3.63, 3.8) is 0 Å². The van der Waals surface area contributed by atoms with Crippen LogP contribution in [0.25, 0.3) is 0 Å². The molecule has 1 aromatic heterocycles. The number of thiocarbonyl (C=S) groups is 1. The highest BCUT2D eigenvalue weighted by atomic mass is 32.1. The number of hydrogen-bond acceptors (Lipinski definition) is 3. The van der Waals surface area contributed by atoms with E-state index in [-0.39, 0.29) is 5.56 Å². The lowest BCUT2D eigenvalue weighted by Crippen LogP contribution is -2.30. The zero-order valence-corrected chi connectivity index (χ0v) is 13.5. The number of nitrogens with zero attached hydrogens (tertiary/aromatic N) is 2. The van der Waals surface area contributed by atoms with Crippen molar-refractivity contribution in [2.45, 2.75) is 52.5 Å². The van der Waals surface area contributed by atoms with Gasteiger partial charge in [0.2, 0.25) is 0 Å². The Bertz CT molecular complexity index is 474. The van der Waals surface area contributed by atoms with E-state index in [1.165, 1.54) is 19.0 Å². The Labute approximate surface area is 130 Å². The SMILES string of the molecule is CCCCCCNC(=S)Nc1nn(CCC)cc1C(=O)O. The third-order valence-electron chi connectivity index (χ3n) is 2.99. The third kappa shape index (κ3) is 6.12. The molecule has 0 bridgehead atoms. The number of anilines is 1. The second-order valence-electron chi connectivity index (χ2n) is 4.90. The molecule has 0 unspecified atom stereocenters. The van der Waals surface area contributed by atoms with E-state index in [9.17, 15) is 9.90 Å². The molecule has 7 heteroatoms. The van der Waals surface area contributed by atoms with Gasteiger partial charge in [-0.25, -0.2) is 4.79 Å². The molecule has 0 fully saturated rings. The summed E-state index contributed by atoms with van der Waals surface area (Å²) in [6, 6.07) is 0. The molecule has 1 heterocycles. The Hall–Kier alpha value is -1.63. The average Bonchev–Trinajstić information content (AvgIpc) is 2.82. The standard InChI is InChI=1S/C14H24N4O2S/c1-3-5-6-7-8-15-14(21)16-12-11(13(19)20)10-18(17-12)9-4-2/h10H,3-9H2,1-2H3,(H,19,20)(H2,15,16,17,21). The first kappa shape index (κ1) is 17.4. The van der Waals surface area contributed by atoms with Gasteiger partial charge in [-0.15, -0.1) is 0 Å². The van der Waals surface area contributed by atoms with Crippen LogP contribution in [0.3, 0.4) is 0 Å². The van der Waals surface area contributed by atoms with Gasteiger partial charge in [0.25, 0.3) is 0 Å². The molecule has 0 atom stereocenters. The van der Waals surface area contributed by atoms with E-state index in [2.05, 4.69) is 22.7 Å². The summed E-state index contributed by atoms with van der Waals surface area (Å²) < 4.78 is 1.62. The van der Waals surface area contributed by atoms with E-state index in [0.717, 1.165) is 25.8 Å². The summed E-state index contributed by atoms with van der Waals surface area (Å²) in [4.78, 5) is 11.2. The molecular weight excluding hydrogens is 288 g/mol. The summed E-state index contributed by atoms with van der Waals surface area (Å²) in [6.45, 7) is 5.64. The van der Waals surface area contributed by atoms with Gasteiger partial charge in [-0.3, -0.25) is 4.68 Å². The molecule has 1 aromatic rings. The van der Waals surface area contributed by atoms with E-state index < -0.39 is 5.97 Å². The topological polar surface area (TPSA) is 79.2 Å². The summed E-state index contributed by atoms with van der Waals surface area (Å²) in [6.07, 6.45) is 7.04. The lowest BCUT2D eigenvalue weighted by atomic mass is 10.2. The minimum absolute atomic E-state index is 0.138. The molecule has 0 saturated carbocycles. The van der Waals surface area contributed by atoms with Crippen molar-refractivity contribution >= 4 is 29.1 Å². The van der Waals surface area contributed by atoms with Gasteiger partial charge in [0, 0.05) is 19.3 Å². The van der Waals surface area contributed by atoms with E-state index in [1.807, 2.05) is 6.92 Å². The van der Waals surface area contributed by atoms with E-state index in [4.69, 9.17) is 12.2 Å². The van der Waals surface area contributed by atoms with E-state index in [0.29, 0.717) is 17.5 Å². The van der Waals surface area contributed by atoms with Gasteiger partial charge < -0.3 is 15.7 Å². The average molecular weight is 312 g/mol. The number of aromatic carboxylic acids is 1.